The molecule has 44 heavy (non-hydrogen) atoms. The molecule has 0 spiro atoms. The van der Waals surface area contributed by atoms with E-state index in [1.807, 2.05) is 60.7 Å². The Bertz CT molecular complexity index is 1900. The molecule has 2 atom stereocenters. The zero-order valence-electron chi connectivity index (χ0n) is 24.4. The van der Waals surface area contributed by atoms with Crippen LogP contribution in [-0.4, -0.2) is 29.8 Å². The van der Waals surface area contributed by atoms with Gasteiger partial charge in [-0.25, -0.2) is 0 Å². The fourth-order valence-corrected chi connectivity index (χ4v) is 6.06. The minimum atomic E-state index is -1.44. The maximum absolute atomic E-state index is 10.5. The Morgan fingerprint density at radius 1 is 0.773 bits per heavy atom. The summed E-state index contributed by atoms with van der Waals surface area (Å²) in [6, 6.07) is 25.9. The van der Waals surface area contributed by atoms with Crippen molar-refractivity contribution in [3.8, 4) is 18.2 Å². The summed E-state index contributed by atoms with van der Waals surface area (Å²) in [5, 5.41) is 47.4. The van der Waals surface area contributed by atoms with Crippen molar-refractivity contribution in [1.82, 2.24) is 29.8 Å². The van der Waals surface area contributed by atoms with Crippen LogP contribution in [0, 0.1) is 39.9 Å². The van der Waals surface area contributed by atoms with Crippen LogP contribution in [0.5, 0.6) is 0 Å². The average Bonchev–Trinajstić information content (AvgIpc) is 3.73. The molecular weight excluding hydrogens is 552 g/mol. The average molecular weight is 585 g/mol. The Labute approximate surface area is 254 Å². The number of hydrogen-bond acceptors (Lipinski definition) is 9. The van der Waals surface area contributed by atoms with Crippen LogP contribution >= 0.6 is 0 Å². The lowest BCUT2D eigenvalue weighted by molar-refractivity contribution is 0.0840. The Morgan fingerprint density at radius 2 is 1.32 bits per heavy atom. The van der Waals surface area contributed by atoms with E-state index in [2.05, 4.69) is 42.3 Å². The standard InChI is InChI=1S/C32H32N12/c1-21(2)13-14-31(25-11-7-4-8-12-25,43-19-23(16-33)28(36)41-43)32(15-22-9-5-3-6-10-22,27-26(18-35)30(38)40-39-27)44-20-24(17-34)29(37)42-44/h3-12,19-21H,13-15H2,1-2H3,(H2,36,41)(H2,37,42)(H3,38,39,40). The molecule has 0 saturated carbocycles. The second-order valence-electron chi connectivity index (χ2n) is 11.1. The highest BCUT2D eigenvalue weighted by Gasteiger charge is 2.60. The van der Waals surface area contributed by atoms with Gasteiger partial charge in [0.25, 0.3) is 0 Å². The predicted octanol–water partition coefficient (Wildman–Crippen LogP) is 4.03. The summed E-state index contributed by atoms with van der Waals surface area (Å²) in [6.07, 6.45) is 4.51. The minimum Gasteiger partial charge on any atom is -0.381 e. The fraction of sp³-hybridized carbons (Fsp3) is 0.250. The molecule has 12 heteroatoms. The van der Waals surface area contributed by atoms with E-state index in [0.29, 0.717) is 18.5 Å². The van der Waals surface area contributed by atoms with Crippen molar-refractivity contribution >= 4 is 17.5 Å². The first-order valence-electron chi connectivity index (χ1n) is 14.1. The summed E-state index contributed by atoms with van der Waals surface area (Å²) < 4.78 is 3.32. The molecule has 5 aromatic rings. The third-order valence-electron chi connectivity index (χ3n) is 8.15. The Balaban J connectivity index is 2.08. The van der Waals surface area contributed by atoms with Crippen LogP contribution in [-0.2, 0) is 17.5 Å². The third kappa shape index (κ3) is 4.67. The van der Waals surface area contributed by atoms with Gasteiger partial charge in [-0.15, -0.1) is 0 Å². The van der Waals surface area contributed by atoms with Gasteiger partial charge in [0.15, 0.2) is 17.5 Å². The third-order valence-corrected chi connectivity index (χ3v) is 8.15. The van der Waals surface area contributed by atoms with Gasteiger partial charge >= 0.3 is 0 Å². The van der Waals surface area contributed by atoms with Crippen molar-refractivity contribution in [2.45, 2.75) is 44.2 Å². The number of aromatic amines is 1. The Hall–Kier alpha value is -6.06. The lowest BCUT2D eigenvalue weighted by atomic mass is 9.63. The smallest absolute Gasteiger partial charge is 0.163 e. The Kier molecular flexibility index (Phi) is 7.81. The van der Waals surface area contributed by atoms with Crippen molar-refractivity contribution in [2.24, 2.45) is 5.92 Å². The second-order valence-corrected chi connectivity index (χ2v) is 11.1. The molecule has 3 heterocycles. The number of nitrogens with zero attached hydrogens (tertiary/aromatic N) is 8. The monoisotopic (exact) mass is 584 g/mol. The highest BCUT2D eigenvalue weighted by Crippen LogP contribution is 2.53. The van der Waals surface area contributed by atoms with E-state index in [0.717, 1.165) is 11.1 Å². The van der Waals surface area contributed by atoms with Gasteiger partial charge in [0.1, 0.15) is 46.0 Å². The molecule has 220 valence electrons. The minimum absolute atomic E-state index is 0.00378. The van der Waals surface area contributed by atoms with Crippen molar-refractivity contribution in [3.63, 3.8) is 0 Å². The molecule has 0 bridgehead atoms. The van der Waals surface area contributed by atoms with E-state index in [-0.39, 0.29) is 46.5 Å². The van der Waals surface area contributed by atoms with E-state index in [4.69, 9.17) is 27.4 Å². The molecule has 0 aliphatic heterocycles. The van der Waals surface area contributed by atoms with E-state index in [1.54, 1.807) is 21.8 Å². The number of nitrogens with one attached hydrogen (secondary N) is 1. The number of hydrogen-bond donors (Lipinski definition) is 4. The number of benzene rings is 2. The van der Waals surface area contributed by atoms with Crippen molar-refractivity contribution in [3.05, 3.63) is 107 Å². The normalized spacial score (nSPS) is 13.8. The lowest BCUT2D eigenvalue weighted by Crippen LogP contribution is -2.60. The van der Waals surface area contributed by atoms with Gasteiger partial charge in [-0.1, -0.05) is 74.5 Å². The maximum Gasteiger partial charge on any atom is 0.163 e. The molecule has 3 aromatic heterocycles. The van der Waals surface area contributed by atoms with Crippen LogP contribution in [0.4, 0.5) is 17.5 Å². The second kappa shape index (κ2) is 11.7. The molecule has 12 nitrogen and oxygen atoms in total. The van der Waals surface area contributed by atoms with Crippen LogP contribution in [0.2, 0.25) is 0 Å². The predicted molar refractivity (Wildman–Crippen MR) is 165 cm³/mol. The molecule has 2 aromatic carbocycles. The van der Waals surface area contributed by atoms with Crippen molar-refractivity contribution < 1.29 is 0 Å². The first-order valence-corrected chi connectivity index (χ1v) is 14.1. The largest absolute Gasteiger partial charge is 0.381 e. The summed E-state index contributed by atoms with van der Waals surface area (Å²) in [5.41, 5.74) is 18.7. The zero-order valence-corrected chi connectivity index (χ0v) is 24.4. The molecule has 7 N–H and O–H groups in total. The molecule has 5 rings (SSSR count). The molecule has 0 radical (unpaired) electrons. The van der Waals surface area contributed by atoms with Crippen LogP contribution in [0.15, 0.2) is 73.1 Å². The molecule has 0 fully saturated rings. The van der Waals surface area contributed by atoms with Gasteiger partial charge in [0.05, 0.1) is 5.69 Å². The fourth-order valence-electron chi connectivity index (χ4n) is 6.06. The van der Waals surface area contributed by atoms with Crippen LogP contribution in [0.3, 0.4) is 0 Å². The summed E-state index contributed by atoms with van der Waals surface area (Å²) in [5.74, 6) is 0.298. The number of rotatable bonds is 10. The molecule has 0 saturated heterocycles. The number of aromatic nitrogens is 6. The van der Waals surface area contributed by atoms with Crippen LogP contribution in [0.1, 0.15) is 60.2 Å². The SMILES string of the molecule is CC(C)CCC(c1ccccc1)(n1cc(C#N)c(N)n1)C(Cc1ccccc1)(c1[nH]nc(N)c1C#N)n1cc(C#N)c(N)n1. The van der Waals surface area contributed by atoms with Crippen LogP contribution in [0.25, 0.3) is 0 Å². The quantitative estimate of drug-likeness (QED) is 0.186. The van der Waals surface area contributed by atoms with E-state index >= 15 is 0 Å². The maximum atomic E-state index is 10.5. The number of nitrogen functional groups attached to an aromatic ring is 3. The number of H-pyrrole nitrogens is 1. The zero-order chi connectivity index (χ0) is 31.5. The van der Waals surface area contributed by atoms with Gasteiger partial charge < -0.3 is 17.2 Å². The first-order chi connectivity index (χ1) is 21.2. The molecule has 0 aliphatic carbocycles. The summed E-state index contributed by atoms with van der Waals surface area (Å²) >= 11 is 0. The van der Waals surface area contributed by atoms with Crippen molar-refractivity contribution in [1.29, 1.82) is 15.8 Å². The van der Waals surface area contributed by atoms with Gasteiger partial charge in [-0.2, -0.15) is 31.1 Å². The topological polar surface area (TPSA) is 214 Å². The molecule has 0 amide bonds. The summed E-state index contributed by atoms with van der Waals surface area (Å²) in [4.78, 5) is 0. The number of nitriles is 3. The van der Waals surface area contributed by atoms with Crippen LogP contribution < -0.4 is 17.2 Å². The Morgan fingerprint density at radius 3 is 1.82 bits per heavy atom. The lowest BCUT2D eigenvalue weighted by Gasteiger charge is -2.51. The highest BCUT2D eigenvalue weighted by molar-refractivity contribution is 5.57. The van der Waals surface area contributed by atoms with Gasteiger partial charge in [-0.05, 0) is 29.9 Å². The number of nitrogens with two attached hydrogens (primary N) is 3. The molecular formula is C32H32N12. The molecule has 2 unspecified atom stereocenters. The van der Waals surface area contributed by atoms with E-state index in [1.165, 1.54) is 0 Å². The number of anilines is 3. The summed E-state index contributed by atoms with van der Waals surface area (Å²) in [7, 11) is 0. The van der Waals surface area contributed by atoms with Gasteiger partial charge in [-0.3, -0.25) is 14.5 Å². The highest BCUT2D eigenvalue weighted by atomic mass is 15.4. The first kappa shape index (κ1) is 29.4. The molecule has 0 aliphatic rings. The van der Waals surface area contributed by atoms with E-state index < -0.39 is 11.1 Å². The van der Waals surface area contributed by atoms with E-state index in [9.17, 15) is 15.8 Å². The summed E-state index contributed by atoms with van der Waals surface area (Å²) in [6.45, 7) is 4.22. The van der Waals surface area contributed by atoms with Gasteiger partial charge in [0.2, 0.25) is 0 Å². The van der Waals surface area contributed by atoms with Gasteiger partial charge in [0, 0.05) is 18.8 Å². The van der Waals surface area contributed by atoms with Crippen molar-refractivity contribution in [2.75, 3.05) is 17.2 Å².